The van der Waals surface area contributed by atoms with E-state index in [1.807, 2.05) is 25.1 Å². The van der Waals surface area contributed by atoms with Crippen LogP contribution in [0.15, 0.2) is 18.2 Å². The van der Waals surface area contributed by atoms with Crippen molar-refractivity contribution in [2.45, 2.75) is 71.4 Å². The third-order valence-corrected chi connectivity index (χ3v) is 9.57. The number of aryl methyl sites for hydroxylation is 1. The Morgan fingerprint density at radius 3 is 2.41 bits per heavy atom. The Labute approximate surface area is 166 Å². The standard InChI is InChI=1S/C23H32O3Si/c1-10-21(26-27(8,9)23(4,5)6)22(25-7)13-11-12-19-16-17(2)14-15-20(19)18(3)24/h1,14-16,21-22H,13H2,2-9H3. The van der Waals surface area contributed by atoms with Gasteiger partial charge in [0.2, 0.25) is 0 Å². The summed E-state index contributed by atoms with van der Waals surface area (Å²) in [6.07, 6.45) is 5.41. The van der Waals surface area contributed by atoms with E-state index in [0.29, 0.717) is 12.0 Å². The lowest BCUT2D eigenvalue weighted by Crippen LogP contribution is -2.47. The number of ether oxygens (including phenoxy) is 1. The van der Waals surface area contributed by atoms with E-state index >= 15 is 0 Å². The molecule has 0 amide bonds. The summed E-state index contributed by atoms with van der Waals surface area (Å²) in [6, 6.07) is 5.66. The Balaban J connectivity index is 3.01. The van der Waals surface area contributed by atoms with Crippen molar-refractivity contribution >= 4 is 14.1 Å². The Bertz CT molecular complexity index is 770. The van der Waals surface area contributed by atoms with E-state index in [9.17, 15) is 4.79 Å². The van der Waals surface area contributed by atoms with Crippen LogP contribution in [0.25, 0.3) is 0 Å². The van der Waals surface area contributed by atoms with Crippen LogP contribution in [0, 0.1) is 31.1 Å². The molecule has 0 radical (unpaired) electrons. The molecule has 0 bridgehead atoms. The van der Waals surface area contributed by atoms with E-state index in [1.54, 1.807) is 14.0 Å². The fourth-order valence-electron chi connectivity index (χ4n) is 2.34. The zero-order chi connectivity index (χ0) is 20.8. The molecule has 1 rings (SSSR count). The van der Waals surface area contributed by atoms with Gasteiger partial charge in [0.25, 0.3) is 0 Å². The van der Waals surface area contributed by atoms with Crippen LogP contribution in [0.1, 0.15) is 55.6 Å². The molecule has 0 saturated carbocycles. The zero-order valence-electron chi connectivity index (χ0n) is 17.9. The number of rotatable bonds is 6. The molecule has 3 nitrogen and oxygen atoms in total. The van der Waals surface area contributed by atoms with Gasteiger partial charge < -0.3 is 9.16 Å². The highest BCUT2D eigenvalue weighted by atomic mass is 28.4. The predicted octanol–water partition coefficient (Wildman–Crippen LogP) is 4.98. The molecule has 146 valence electrons. The van der Waals surface area contributed by atoms with Crippen LogP contribution >= 0.6 is 0 Å². The van der Waals surface area contributed by atoms with Gasteiger partial charge in [-0.25, -0.2) is 0 Å². The second-order valence-corrected chi connectivity index (χ2v) is 13.1. The molecule has 0 aromatic heterocycles. The topological polar surface area (TPSA) is 35.5 Å². The van der Waals surface area contributed by atoms with Crippen LogP contribution < -0.4 is 0 Å². The summed E-state index contributed by atoms with van der Waals surface area (Å²) in [4.78, 5) is 11.8. The van der Waals surface area contributed by atoms with E-state index in [4.69, 9.17) is 15.6 Å². The van der Waals surface area contributed by atoms with Crippen molar-refractivity contribution in [1.29, 1.82) is 0 Å². The molecule has 0 fully saturated rings. The zero-order valence-corrected chi connectivity index (χ0v) is 18.9. The smallest absolute Gasteiger partial charge is 0.193 e. The van der Waals surface area contributed by atoms with Gasteiger partial charge in [-0.3, -0.25) is 4.79 Å². The molecule has 27 heavy (non-hydrogen) atoms. The first-order valence-corrected chi connectivity index (χ1v) is 12.1. The Kier molecular flexibility index (Phi) is 8.05. The van der Waals surface area contributed by atoms with Gasteiger partial charge in [-0.1, -0.05) is 44.6 Å². The van der Waals surface area contributed by atoms with Gasteiger partial charge in [0.05, 0.1) is 0 Å². The monoisotopic (exact) mass is 384 g/mol. The predicted molar refractivity (Wildman–Crippen MR) is 114 cm³/mol. The van der Waals surface area contributed by atoms with Crippen molar-refractivity contribution < 1.29 is 14.0 Å². The molecule has 2 atom stereocenters. The Morgan fingerprint density at radius 2 is 1.93 bits per heavy atom. The summed E-state index contributed by atoms with van der Waals surface area (Å²) in [5.74, 6) is 8.98. The third-order valence-electron chi connectivity index (χ3n) is 5.11. The maximum Gasteiger partial charge on any atom is 0.193 e. The van der Waals surface area contributed by atoms with Crippen LogP contribution in [-0.2, 0) is 9.16 Å². The molecular formula is C23H32O3Si. The molecule has 0 aliphatic heterocycles. The maximum absolute atomic E-state index is 11.8. The molecule has 0 aliphatic carbocycles. The first-order chi connectivity index (χ1) is 12.4. The van der Waals surface area contributed by atoms with Crippen molar-refractivity contribution in [2.75, 3.05) is 7.11 Å². The lowest BCUT2D eigenvalue weighted by molar-refractivity contribution is 0.0259. The first kappa shape index (κ1) is 23.2. The lowest BCUT2D eigenvalue weighted by atomic mass is 10.0. The fraction of sp³-hybridized carbons (Fsp3) is 0.522. The highest BCUT2D eigenvalue weighted by Crippen LogP contribution is 2.37. The van der Waals surface area contributed by atoms with Crippen molar-refractivity contribution in [2.24, 2.45) is 0 Å². The molecule has 4 heteroatoms. The molecule has 0 heterocycles. The number of terminal acetylenes is 1. The minimum atomic E-state index is -2.02. The van der Waals surface area contributed by atoms with Gasteiger partial charge in [-0.05, 0) is 49.7 Å². The van der Waals surface area contributed by atoms with E-state index < -0.39 is 14.4 Å². The SMILES string of the molecule is C#CC(O[Si](C)(C)C(C)(C)C)C(CC#Cc1cc(C)ccc1C(C)=O)OC. The minimum absolute atomic E-state index is 0.00496. The van der Waals surface area contributed by atoms with Gasteiger partial charge in [-0.15, -0.1) is 6.42 Å². The summed E-state index contributed by atoms with van der Waals surface area (Å²) in [6.45, 7) is 14.4. The highest BCUT2D eigenvalue weighted by molar-refractivity contribution is 6.74. The average molecular weight is 385 g/mol. The largest absolute Gasteiger partial charge is 0.401 e. The molecule has 1 aromatic rings. The summed E-state index contributed by atoms with van der Waals surface area (Å²) in [5, 5.41) is 0.0595. The van der Waals surface area contributed by atoms with E-state index in [1.165, 1.54) is 0 Å². The third kappa shape index (κ3) is 6.36. The van der Waals surface area contributed by atoms with Crippen molar-refractivity contribution in [3.63, 3.8) is 0 Å². The summed E-state index contributed by atoms with van der Waals surface area (Å²) < 4.78 is 11.9. The van der Waals surface area contributed by atoms with Crippen LogP contribution in [-0.4, -0.2) is 33.4 Å². The van der Waals surface area contributed by atoms with Gasteiger partial charge in [0.15, 0.2) is 14.1 Å². The number of hydrogen-bond donors (Lipinski definition) is 0. The van der Waals surface area contributed by atoms with Crippen molar-refractivity contribution in [1.82, 2.24) is 0 Å². The van der Waals surface area contributed by atoms with Gasteiger partial charge in [-0.2, -0.15) is 0 Å². The van der Waals surface area contributed by atoms with Crippen molar-refractivity contribution in [3.8, 4) is 24.2 Å². The number of methoxy groups -OCH3 is 1. The second-order valence-electron chi connectivity index (χ2n) is 8.35. The fourth-order valence-corrected chi connectivity index (χ4v) is 3.55. The quantitative estimate of drug-likeness (QED) is 0.394. The number of carbonyl (C=O) groups is 1. The van der Waals surface area contributed by atoms with Crippen LogP contribution in [0.4, 0.5) is 0 Å². The Hall–Kier alpha value is -1.85. The van der Waals surface area contributed by atoms with E-state index in [0.717, 1.165) is 11.1 Å². The van der Waals surface area contributed by atoms with Gasteiger partial charge in [0, 0.05) is 24.7 Å². The molecule has 2 unspecified atom stereocenters. The van der Waals surface area contributed by atoms with Crippen LogP contribution in [0.5, 0.6) is 0 Å². The normalized spacial score (nSPS) is 13.9. The number of hydrogen-bond acceptors (Lipinski definition) is 3. The van der Waals surface area contributed by atoms with Gasteiger partial charge >= 0.3 is 0 Å². The molecule has 0 spiro atoms. The van der Waals surface area contributed by atoms with Crippen molar-refractivity contribution in [3.05, 3.63) is 34.9 Å². The summed E-state index contributed by atoms with van der Waals surface area (Å²) in [5.41, 5.74) is 2.43. The summed E-state index contributed by atoms with van der Waals surface area (Å²) >= 11 is 0. The number of ketones is 1. The molecule has 1 aromatic carbocycles. The first-order valence-electron chi connectivity index (χ1n) is 9.20. The van der Waals surface area contributed by atoms with Gasteiger partial charge in [0.1, 0.15) is 12.2 Å². The lowest BCUT2D eigenvalue weighted by Gasteiger charge is -2.39. The summed E-state index contributed by atoms with van der Waals surface area (Å²) in [7, 11) is -0.393. The number of Topliss-reactive ketones (excluding diaryl/α,β-unsaturated/α-hetero) is 1. The maximum atomic E-state index is 11.8. The van der Waals surface area contributed by atoms with E-state index in [2.05, 4.69) is 51.6 Å². The second kappa shape index (κ2) is 9.38. The Morgan fingerprint density at radius 1 is 1.30 bits per heavy atom. The number of carbonyl (C=O) groups excluding carboxylic acids is 1. The molecule has 0 aliphatic rings. The number of benzene rings is 1. The van der Waals surface area contributed by atoms with Crippen LogP contribution in [0.2, 0.25) is 18.1 Å². The molecule has 0 saturated heterocycles. The molecular weight excluding hydrogens is 352 g/mol. The van der Waals surface area contributed by atoms with Crippen LogP contribution in [0.3, 0.4) is 0 Å². The molecule has 0 N–H and O–H groups in total. The highest BCUT2D eigenvalue weighted by Gasteiger charge is 2.40. The van der Waals surface area contributed by atoms with E-state index in [-0.39, 0.29) is 16.9 Å². The average Bonchev–Trinajstić information content (AvgIpc) is 2.55. The minimum Gasteiger partial charge on any atom is -0.401 e.